The molecule has 2 aromatic rings. The molecule has 2 atom stereocenters. The molecule has 0 spiro atoms. The first-order valence-corrected chi connectivity index (χ1v) is 9.40. The van der Waals surface area contributed by atoms with Crippen LogP contribution in [0.3, 0.4) is 0 Å². The summed E-state index contributed by atoms with van der Waals surface area (Å²) in [5.41, 5.74) is -0.244. The Morgan fingerprint density at radius 2 is 2.21 bits per heavy atom. The summed E-state index contributed by atoms with van der Waals surface area (Å²) < 4.78 is 16.1. The van der Waals surface area contributed by atoms with Gasteiger partial charge in [-0.3, -0.25) is 9.48 Å². The van der Waals surface area contributed by atoms with Crippen LogP contribution in [0, 0.1) is 17.2 Å². The van der Waals surface area contributed by atoms with E-state index in [4.69, 9.17) is 0 Å². The summed E-state index contributed by atoms with van der Waals surface area (Å²) in [4.78, 5) is 22.4. The van der Waals surface area contributed by atoms with E-state index in [-0.39, 0.29) is 30.2 Å². The number of carbonyl (C=O) groups excluding carboxylic acids is 1. The fourth-order valence-corrected chi connectivity index (χ4v) is 4.27. The number of aryl methyl sites for hydroxylation is 1. The summed E-state index contributed by atoms with van der Waals surface area (Å²) in [7, 11) is 1.79. The summed E-state index contributed by atoms with van der Waals surface area (Å²) in [6.45, 7) is 0.808. The van der Waals surface area contributed by atoms with Crippen LogP contribution in [-0.2, 0) is 11.8 Å². The zero-order chi connectivity index (χ0) is 19.5. The molecule has 3 fully saturated rings. The number of nitrogens with one attached hydrogen (secondary N) is 2. The van der Waals surface area contributed by atoms with Crippen LogP contribution in [0.1, 0.15) is 19.3 Å². The molecular weight excluding hydrogens is 365 g/mol. The number of fused-ring (bicyclic) bond motifs is 1. The number of piperidine rings is 1. The van der Waals surface area contributed by atoms with Crippen LogP contribution >= 0.6 is 0 Å². The van der Waals surface area contributed by atoms with Crippen molar-refractivity contribution < 1.29 is 14.3 Å². The predicted molar refractivity (Wildman–Crippen MR) is 98.4 cm³/mol. The predicted octanol–water partition coefficient (Wildman–Crippen LogP) is 0.560. The van der Waals surface area contributed by atoms with E-state index in [0.29, 0.717) is 25.2 Å². The van der Waals surface area contributed by atoms with E-state index in [2.05, 4.69) is 25.7 Å². The molecule has 148 valence electrons. The number of aliphatic hydroxyl groups excluding tert-OH is 1. The molecular formula is C18H22FN7O2. The number of anilines is 3. The minimum atomic E-state index is -0.533. The number of hydrogen-bond acceptors (Lipinski definition) is 7. The molecule has 9 nitrogen and oxygen atoms in total. The number of halogens is 1. The van der Waals surface area contributed by atoms with Gasteiger partial charge in [-0.1, -0.05) is 0 Å². The normalized spacial score (nSPS) is 28.2. The zero-order valence-electron chi connectivity index (χ0n) is 15.5. The minimum Gasteiger partial charge on any atom is -0.396 e. The van der Waals surface area contributed by atoms with Crippen molar-refractivity contribution in [3.05, 3.63) is 24.4 Å². The molecule has 1 unspecified atom stereocenters. The third kappa shape index (κ3) is 2.70. The van der Waals surface area contributed by atoms with Gasteiger partial charge in [0.15, 0.2) is 11.6 Å². The maximum atomic E-state index is 14.5. The molecule has 10 heteroatoms. The first-order valence-electron chi connectivity index (χ1n) is 9.40. The highest BCUT2D eigenvalue weighted by Crippen LogP contribution is 2.61. The van der Waals surface area contributed by atoms with Crippen LogP contribution in [0.2, 0.25) is 0 Å². The lowest BCUT2D eigenvalue weighted by atomic mass is 10.0. The van der Waals surface area contributed by atoms with Crippen molar-refractivity contribution in [3.8, 4) is 0 Å². The van der Waals surface area contributed by atoms with E-state index in [1.807, 2.05) is 0 Å². The average molecular weight is 387 g/mol. The van der Waals surface area contributed by atoms with Gasteiger partial charge in [0.25, 0.3) is 0 Å². The zero-order valence-corrected chi connectivity index (χ0v) is 15.5. The summed E-state index contributed by atoms with van der Waals surface area (Å²) in [5, 5.41) is 20.2. The Hall–Kier alpha value is -2.75. The van der Waals surface area contributed by atoms with Crippen molar-refractivity contribution in [2.75, 3.05) is 29.9 Å². The molecule has 0 bridgehead atoms. The highest BCUT2D eigenvalue weighted by Gasteiger charge is 2.73. The van der Waals surface area contributed by atoms with Gasteiger partial charge < -0.3 is 20.6 Å². The fourth-order valence-electron chi connectivity index (χ4n) is 4.27. The Balaban J connectivity index is 1.37. The molecule has 3 N–H and O–H groups in total. The molecule has 3 heterocycles. The van der Waals surface area contributed by atoms with E-state index in [0.717, 1.165) is 19.0 Å². The first kappa shape index (κ1) is 17.4. The third-order valence-electron chi connectivity index (χ3n) is 6.08. The second kappa shape index (κ2) is 5.87. The van der Waals surface area contributed by atoms with Crippen molar-refractivity contribution in [2.45, 2.75) is 24.8 Å². The maximum Gasteiger partial charge on any atom is 0.229 e. The van der Waals surface area contributed by atoms with E-state index in [9.17, 15) is 14.3 Å². The Morgan fingerprint density at radius 1 is 1.39 bits per heavy atom. The number of aromatic nitrogens is 4. The minimum absolute atomic E-state index is 0.0410. The third-order valence-corrected chi connectivity index (χ3v) is 6.08. The van der Waals surface area contributed by atoms with Crippen LogP contribution in [-0.4, -0.2) is 56.0 Å². The molecule has 1 aliphatic heterocycles. The molecule has 1 amide bonds. The van der Waals surface area contributed by atoms with Gasteiger partial charge in [0, 0.05) is 37.7 Å². The van der Waals surface area contributed by atoms with Gasteiger partial charge in [-0.25, -0.2) is 9.37 Å². The monoisotopic (exact) mass is 387 g/mol. The molecule has 2 saturated carbocycles. The van der Waals surface area contributed by atoms with Gasteiger partial charge in [0.05, 0.1) is 30.2 Å². The molecule has 5 rings (SSSR count). The lowest BCUT2D eigenvalue weighted by molar-refractivity contribution is -0.123. The lowest BCUT2D eigenvalue weighted by Gasteiger charge is -2.23. The molecule has 1 saturated heterocycles. The maximum absolute atomic E-state index is 14.5. The van der Waals surface area contributed by atoms with E-state index in [1.54, 1.807) is 29.0 Å². The standard InChI is InChI=1S/C18H22FN7O2/c1-25-6-12(4-21-25)22-16-20-5-13(19)14(23-16)26-8-17(10-27)7-18(17,9-26)24-15(28)11-2-3-11/h4-6,11,27H,2-3,7-10H2,1H3,(H,24,28)(H,20,22,23)/t17-,18?/m1/s1. The topological polar surface area (TPSA) is 108 Å². The summed E-state index contributed by atoms with van der Waals surface area (Å²) in [5.74, 6) is 0.0288. The fraction of sp³-hybridized carbons (Fsp3) is 0.556. The van der Waals surface area contributed by atoms with Crippen molar-refractivity contribution in [1.29, 1.82) is 0 Å². The molecule has 28 heavy (non-hydrogen) atoms. The van der Waals surface area contributed by atoms with Crippen LogP contribution in [0.15, 0.2) is 18.6 Å². The second-order valence-electron chi connectivity index (χ2n) is 8.21. The average Bonchev–Trinajstić information content (AvgIpc) is 3.55. The second-order valence-corrected chi connectivity index (χ2v) is 8.21. The molecule has 2 aliphatic carbocycles. The summed E-state index contributed by atoms with van der Waals surface area (Å²) >= 11 is 0. The molecule has 3 aliphatic rings. The van der Waals surface area contributed by atoms with Gasteiger partial charge in [-0.15, -0.1) is 0 Å². The Kier molecular flexibility index (Phi) is 3.64. The highest BCUT2D eigenvalue weighted by atomic mass is 19.1. The molecule has 0 aromatic carbocycles. The van der Waals surface area contributed by atoms with Crippen molar-refractivity contribution in [3.63, 3.8) is 0 Å². The van der Waals surface area contributed by atoms with Crippen LogP contribution < -0.4 is 15.5 Å². The number of hydrogen-bond donors (Lipinski definition) is 3. The van der Waals surface area contributed by atoms with E-state index >= 15 is 0 Å². The van der Waals surface area contributed by atoms with Crippen LogP contribution in [0.25, 0.3) is 0 Å². The van der Waals surface area contributed by atoms with Crippen molar-refractivity contribution in [2.24, 2.45) is 18.4 Å². The van der Waals surface area contributed by atoms with Crippen LogP contribution in [0.5, 0.6) is 0 Å². The molecule has 0 radical (unpaired) electrons. The van der Waals surface area contributed by atoms with E-state index < -0.39 is 16.8 Å². The number of rotatable bonds is 6. The van der Waals surface area contributed by atoms with Crippen LogP contribution in [0.4, 0.5) is 21.8 Å². The largest absolute Gasteiger partial charge is 0.396 e. The van der Waals surface area contributed by atoms with E-state index in [1.165, 1.54) is 0 Å². The SMILES string of the molecule is Cn1cc(Nc2ncc(F)c(N3CC4(NC(=O)C5CC5)C[C@]4(CO)C3)n2)cn1. The lowest BCUT2D eigenvalue weighted by Crippen LogP contribution is -2.44. The van der Waals surface area contributed by atoms with Gasteiger partial charge in [0.1, 0.15) is 0 Å². The Bertz CT molecular complexity index is 946. The number of aliphatic hydroxyl groups is 1. The number of nitrogens with zero attached hydrogens (tertiary/aromatic N) is 5. The van der Waals surface area contributed by atoms with Gasteiger partial charge in [-0.05, 0) is 19.3 Å². The summed E-state index contributed by atoms with van der Waals surface area (Å²) in [6, 6.07) is 0. The number of amides is 1. The Labute approximate surface area is 161 Å². The molecule has 2 aromatic heterocycles. The van der Waals surface area contributed by atoms with Crippen molar-refractivity contribution in [1.82, 2.24) is 25.1 Å². The summed E-state index contributed by atoms with van der Waals surface area (Å²) in [6.07, 6.45) is 7.06. The smallest absolute Gasteiger partial charge is 0.229 e. The van der Waals surface area contributed by atoms with Crippen molar-refractivity contribution >= 4 is 23.4 Å². The van der Waals surface area contributed by atoms with Gasteiger partial charge in [0.2, 0.25) is 11.9 Å². The highest BCUT2D eigenvalue weighted by molar-refractivity contribution is 5.82. The first-order chi connectivity index (χ1) is 13.4. The quantitative estimate of drug-likeness (QED) is 0.665. The van der Waals surface area contributed by atoms with Gasteiger partial charge in [-0.2, -0.15) is 10.1 Å². The number of carbonyl (C=O) groups is 1. The Morgan fingerprint density at radius 3 is 2.89 bits per heavy atom. The van der Waals surface area contributed by atoms with Gasteiger partial charge >= 0.3 is 0 Å².